The molecule has 0 spiro atoms. The molecule has 0 saturated heterocycles. The molecule has 6 nitrogen and oxygen atoms in total. The number of nitrogens with zero attached hydrogens (tertiary/aromatic N) is 2. The molecule has 1 N–H and O–H groups in total. The van der Waals surface area contributed by atoms with Crippen LogP contribution in [0.1, 0.15) is 25.5 Å². The second-order valence-corrected chi connectivity index (χ2v) is 4.57. The maximum Gasteiger partial charge on any atom is 0.327 e. The van der Waals surface area contributed by atoms with Gasteiger partial charge in [-0.05, 0) is 24.7 Å². The molecule has 1 aromatic rings. The minimum absolute atomic E-state index is 0.318. The molecule has 0 amide bonds. The van der Waals surface area contributed by atoms with Gasteiger partial charge in [0, 0.05) is 25.4 Å². The summed E-state index contributed by atoms with van der Waals surface area (Å²) in [5, 5.41) is 3.23. The van der Waals surface area contributed by atoms with E-state index in [-0.39, 0.29) is 5.97 Å². The first-order chi connectivity index (χ1) is 10.2. The molecule has 6 heteroatoms. The summed E-state index contributed by atoms with van der Waals surface area (Å²) in [5.74, 6) is 0.201. The van der Waals surface area contributed by atoms with Gasteiger partial charge in [-0.15, -0.1) is 0 Å². The van der Waals surface area contributed by atoms with Crippen molar-refractivity contribution in [2.75, 3.05) is 40.4 Å². The topological polar surface area (TPSA) is 63.7 Å². The maximum absolute atomic E-state index is 11.9. The van der Waals surface area contributed by atoms with Gasteiger partial charge in [0.05, 0.1) is 14.2 Å². The quantitative estimate of drug-likeness (QED) is 0.692. The molecule has 0 aliphatic heterocycles. The first-order valence-electron chi connectivity index (χ1n) is 7.19. The molecule has 1 heterocycles. The third-order valence-electron chi connectivity index (χ3n) is 3.41. The van der Waals surface area contributed by atoms with Crippen molar-refractivity contribution < 1.29 is 14.3 Å². The molecule has 21 heavy (non-hydrogen) atoms. The van der Waals surface area contributed by atoms with E-state index in [0.29, 0.717) is 12.4 Å². The van der Waals surface area contributed by atoms with Gasteiger partial charge >= 0.3 is 5.97 Å². The van der Waals surface area contributed by atoms with Crippen LogP contribution >= 0.6 is 0 Å². The SMILES string of the molecule is CCN(CC)CCNC(C(=O)OC)c1ccc(OC)nc1. The Labute approximate surface area is 126 Å². The fourth-order valence-electron chi connectivity index (χ4n) is 2.05. The molecule has 0 aromatic carbocycles. The Balaban J connectivity index is 2.69. The lowest BCUT2D eigenvalue weighted by atomic mass is 10.1. The van der Waals surface area contributed by atoms with Crippen LogP contribution in [0.5, 0.6) is 5.88 Å². The van der Waals surface area contributed by atoms with E-state index in [1.165, 1.54) is 7.11 Å². The van der Waals surface area contributed by atoms with Crippen molar-refractivity contribution in [3.63, 3.8) is 0 Å². The van der Waals surface area contributed by atoms with Gasteiger partial charge in [-0.2, -0.15) is 0 Å². The number of carbonyl (C=O) groups excluding carboxylic acids is 1. The fourth-order valence-corrected chi connectivity index (χ4v) is 2.05. The number of rotatable bonds is 9. The number of hydrogen-bond acceptors (Lipinski definition) is 6. The minimum Gasteiger partial charge on any atom is -0.481 e. The number of pyridine rings is 1. The van der Waals surface area contributed by atoms with E-state index in [9.17, 15) is 4.79 Å². The predicted octanol–water partition coefficient (Wildman–Crippen LogP) is 1.24. The number of esters is 1. The predicted molar refractivity (Wildman–Crippen MR) is 81.3 cm³/mol. The van der Waals surface area contributed by atoms with E-state index in [1.54, 1.807) is 19.4 Å². The Morgan fingerprint density at radius 1 is 1.33 bits per heavy atom. The van der Waals surface area contributed by atoms with E-state index < -0.39 is 6.04 Å². The number of carbonyl (C=O) groups is 1. The summed E-state index contributed by atoms with van der Waals surface area (Å²) < 4.78 is 9.88. The smallest absolute Gasteiger partial charge is 0.327 e. The lowest BCUT2D eigenvalue weighted by molar-refractivity contribution is -0.143. The van der Waals surface area contributed by atoms with Crippen molar-refractivity contribution in [2.24, 2.45) is 0 Å². The van der Waals surface area contributed by atoms with Crippen LogP contribution in [-0.4, -0.2) is 56.3 Å². The van der Waals surface area contributed by atoms with E-state index >= 15 is 0 Å². The largest absolute Gasteiger partial charge is 0.481 e. The summed E-state index contributed by atoms with van der Waals surface area (Å²) in [4.78, 5) is 18.3. The summed E-state index contributed by atoms with van der Waals surface area (Å²) in [6.07, 6.45) is 1.63. The van der Waals surface area contributed by atoms with Gasteiger partial charge in [0.2, 0.25) is 5.88 Å². The van der Waals surface area contributed by atoms with Crippen LogP contribution < -0.4 is 10.1 Å². The summed E-state index contributed by atoms with van der Waals surface area (Å²) in [7, 11) is 2.94. The Bertz CT molecular complexity index is 419. The molecule has 118 valence electrons. The minimum atomic E-state index is -0.510. The molecule has 0 fully saturated rings. The number of aromatic nitrogens is 1. The van der Waals surface area contributed by atoms with E-state index in [0.717, 1.165) is 25.2 Å². The van der Waals surface area contributed by atoms with Crippen LogP contribution in [0.25, 0.3) is 0 Å². The molecule has 1 unspecified atom stereocenters. The van der Waals surface area contributed by atoms with Crippen molar-refractivity contribution in [3.05, 3.63) is 23.9 Å². The van der Waals surface area contributed by atoms with Crippen LogP contribution in [0.15, 0.2) is 18.3 Å². The standard InChI is InChI=1S/C15H25N3O3/c1-5-18(6-2)10-9-16-14(15(19)21-4)12-7-8-13(20-3)17-11-12/h7-8,11,14,16H,5-6,9-10H2,1-4H3. The van der Waals surface area contributed by atoms with Crippen molar-refractivity contribution >= 4 is 5.97 Å². The Hall–Kier alpha value is -1.66. The molecule has 0 radical (unpaired) electrons. The average Bonchev–Trinajstić information content (AvgIpc) is 2.54. The molecule has 0 saturated carbocycles. The van der Waals surface area contributed by atoms with Crippen LogP contribution in [-0.2, 0) is 9.53 Å². The third kappa shape index (κ3) is 5.32. The van der Waals surface area contributed by atoms with Crippen LogP contribution in [0.4, 0.5) is 0 Å². The van der Waals surface area contributed by atoms with E-state index in [4.69, 9.17) is 9.47 Å². The Morgan fingerprint density at radius 3 is 2.52 bits per heavy atom. The molecular weight excluding hydrogens is 270 g/mol. The highest BCUT2D eigenvalue weighted by Gasteiger charge is 2.21. The highest BCUT2D eigenvalue weighted by atomic mass is 16.5. The lowest BCUT2D eigenvalue weighted by Crippen LogP contribution is -2.36. The van der Waals surface area contributed by atoms with Gasteiger partial charge in [-0.25, -0.2) is 9.78 Å². The zero-order chi connectivity index (χ0) is 15.7. The third-order valence-corrected chi connectivity index (χ3v) is 3.41. The Morgan fingerprint density at radius 2 is 2.05 bits per heavy atom. The molecule has 0 aliphatic rings. The normalized spacial score (nSPS) is 12.2. The molecule has 0 bridgehead atoms. The molecule has 0 aliphatic carbocycles. The molecule has 1 atom stereocenters. The highest BCUT2D eigenvalue weighted by Crippen LogP contribution is 2.16. The van der Waals surface area contributed by atoms with Crippen molar-refractivity contribution in [1.82, 2.24) is 15.2 Å². The lowest BCUT2D eigenvalue weighted by Gasteiger charge is -2.21. The number of nitrogens with one attached hydrogen (secondary N) is 1. The second kappa shape index (κ2) is 9.31. The number of ether oxygens (including phenoxy) is 2. The van der Waals surface area contributed by atoms with Crippen LogP contribution in [0, 0.1) is 0 Å². The van der Waals surface area contributed by atoms with Crippen molar-refractivity contribution in [1.29, 1.82) is 0 Å². The molecular formula is C15H25N3O3. The van der Waals surface area contributed by atoms with Gasteiger partial charge in [-0.1, -0.05) is 13.8 Å². The maximum atomic E-state index is 11.9. The second-order valence-electron chi connectivity index (χ2n) is 4.57. The number of hydrogen-bond donors (Lipinski definition) is 1. The van der Waals surface area contributed by atoms with Gasteiger partial charge in [0.25, 0.3) is 0 Å². The van der Waals surface area contributed by atoms with Crippen molar-refractivity contribution in [3.8, 4) is 5.88 Å². The summed E-state index contributed by atoms with van der Waals surface area (Å²) >= 11 is 0. The first-order valence-corrected chi connectivity index (χ1v) is 7.19. The molecule has 1 aromatic heterocycles. The monoisotopic (exact) mass is 295 g/mol. The first kappa shape index (κ1) is 17.4. The molecule has 1 rings (SSSR count). The van der Waals surface area contributed by atoms with E-state index in [1.807, 2.05) is 6.07 Å². The van der Waals surface area contributed by atoms with Gasteiger partial charge in [0.15, 0.2) is 0 Å². The zero-order valence-corrected chi connectivity index (χ0v) is 13.3. The summed E-state index contributed by atoms with van der Waals surface area (Å²) in [6.45, 7) is 7.80. The number of likely N-dealkylation sites (N-methyl/N-ethyl adjacent to an activating group) is 1. The van der Waals surface area contributed by atoms with Crippen LogP contribution in [0.2, 0.25) is 0 Å². The summed E-state index contributed by atoms with van der Waals surface area (Å²) in [6, 6.07) is 3.04. The van der Waals surface area contributed by atoms with Crippen LogP contribution in [0.3, 0.4) is 0 Å². The van der Waals surface area contributed by atoms with Gasteiger partial charge in [0.1, 0.15) is 6.04 Å². The van der Waals surface area contributed by atoms with Crippen molar-refractivity contribution in [2.45, 2.75) is 19.9 Å². The van der Waals surface area contributed by atoms with E-state index in [2.05, 4.69) is 29.0 Å². The Kier molecular flexibility index (Phi) is 7.71. The summed E-state index contributed by atoms with van der Waals surface area (Å²) in [5.41, 5.74) is 0.766. The average molecular weight is 295 g/mol. The van der Waals surface area contributed by atoms with Gasteiger partial charge in [-0.3, -0.25) is 5.32 Å². The zero-order valence-electron chi connectivity index (χ0n) is 13.3. The highest BCUT2D eigenvalue weighted by molar-refractivity contribution is 5.77. The van der Waals surface area contributed by atoms with Gasteiger partial charge < -0.3 is 14.4 Å². The fraction of sp³-hybridized carbons (Fsp3) is 0.600. The number of methoxy groups -OCH3 is 2.